The molecule has 1 spiro atoms. The first-order chi connectivity index (χ1) is 29.9. The van der Waals surface area contributed by atoms with Crippen molar-refractivity contribution in [2.45, 2.75) is 58.8 Å². The molecule has 12 rings (SSSR count). The molecule has 3 aromatic heterocycles. The number of hydrogen-bond donors (Lipinski definition) is 0. The van der Waals surface area contributed by atoms with Crippen molar-refractivity contribution in [1.29, 1.82) is 0 Å². The molecule has 4 heterocycles. The molecular formula is C57H46N4O. The fourth-order valence-corrected chi connectivity index (χ4v) is 10.2. The minimum Gasteiger partial charge on any atom is -0.456 e. The summed E-state index contributed by atoms with van der Waals surface area (Å²) in [5, 5.41) is 3.47. The summed E-state index contributed by atoms with van der Waals surface area (Å²) in [5.41, 5.74) is 16.8. The summed E-state index contributed by atoms with van der Waals surface area (Å²) < 4.78 is 8.97. The Balaban J connectivity index is 1.15. The molecule has 300 valence electrons. The summed E-state index contributed by atoms with van der Waals surface area (Å²) in [6.45, 7) is 14.0. The van der Waals surface area contributed by atoms with Crippen LogP contribution in [0, 0.1) is 5.41 Å². The first-order valence-corrected chi connectivity index (χ1v) is 21.7. The normalized spacial score (nSPS) is 16.7. The molecule has 9 aromatic rings. The highest BCUT2D eigenvalue weighted by Gasteiger charge is 2.50. The van der Waals surface area contributed by atoms with E-state index in [0.717, 1.165) is 56.2 Å². The lowest BCUT2D eigenvalue weighted by molar-refractivity contribution is 0.455. The van der Waals surface area contributed by atoms with E-state index in [9.17, 15) is 0 Å². The number of hydrogen-bond acceptors (Lipinski definition) is 4. The van der Waals surface area contributed by atoms with Gasteiger partial charge < -0.3 is 8.98 Å². The highest BCUT2D eigenvalue weighted by atomic mass is 16.3. The van der Waals surface area contributed by atoms with Gasteiger partial charge in [0, 0.05) is 55.2 Å². The summed E-state index contributed by atoms with van der Waals surface area (Å²) >= 11 is 0. The van der Waals surface area contributed by atoms with Gasteiger partial charge in [0.15, 0.2) is 17.5 Å². The zero-order chi connectivity index (χ0) is 42.1. The maximum Gasteiger partial charge on any atom is 0.164 e. The standard InChI is InChI=1S/C57H46N4O/c1-55(2,3)38-24-26-47-43(31-38)44-32-39(56(4,5)6)33-57-27-15-21-46(57)45-29-37(28-42(34-16-9-7-10-17-34)50(45)61(47)51(44)57)54-59-52(35-18-11-8-12-19-35)58-53(60-54)36-23-25-41-40-20-13-14-22-48(40)62-49(41)30-36/h7-32H,33H2,1-6H3. The van der Waals surface area contributed by atoms with Gasteiger partial charge in [-0.1, -0.05) is 162 Å². The predicted octanol–water partition coefficient (Wildman–Crippen LogP) is 14.7. The van der Waals surface area contributed by atoms with E-state index in [1.165, 1.54) is 50.1 Å². The molecule has 3 aliphatic rings. The van der Waals surface area contributed by atoms with Gasteiger partial charge in [0.25, 0.3) is 0 Å². The molecule has 62 heavy (non-hydrogen) atoms. The van der Waals surface area contributed by atoms with E-state index in [4.69, 9.17) is 19.4 Å². The molecular weight excluding hydrogens is 757 g/mol. The second-order valence-electron chi connectivity index (χ2n) is 19.4. The van der Waals surface area contributed by atoms with E-state index in [-0.39, 0.29) is 16.2 Å². The molecule has 0 saturated heterocycles. The van der Waals surface area contributed by atoms with E-state index in [0.29, 0.717) is 17.5 Å². The number of fused-ring (bicyclic) bond motifs is 9. The van der Waals surface area contributed by atoms with Crippen LogP contribution in [0.1, 0.15) is 70.3 Å². The average molecular weight is 803 g/mol. The first kappa shape index (κ1) is 36.7. The van der Waals surface area contributed by atoms with Crippen molar-refractivity contribution in [3.05, 3.63) is 180 Å². The van der Waals surface area contributed by atoms with Gasteiger partial charge >= 0.3 is 0 Å². The summed E-state index contributed by atoms with van der Waals surface area (Å²) in [6.07, 6.45) is 10.6. The lowest BCUT2D eigenvalue weighted by atomic mass is 9.62. The average Bonchev–Trinajstić information content (AvgIpc) is 3.98. The molecule has 0 amide bonds. The molecule has 5 nitrogen and oxygen atoms in total. The Bertz CT molecular complexity index is 3440. The molecule has 0 saturated carbocycles. The van der Waals surface area contributed by atoms with Gasteiger partial charge in [0.2, 0.25) is 0 Å². The van der Waals surface area contributed by atoms with E-state index in [1.54, 1.807) is 0 Å². The van der Waals surface area contributed by atoms with Crippen LogP contribution in [0.15, 0.2) is 162 Å². The van der Waals surface area contributed by atoms with Crippen LogP contribution in [0.5, 0.6) is 0 Å². The molecule has 1 aliphatic heterocycles. The number of nitrogens with zero attached hydrogens (tertiary/aromatic N) is 4. The number of aromatic nitrogens is 4. The molecule has 5 heteroatoms. The topological polar surface area (TPSA) is 56.7 Å². The summed E-state index contributed by atoms with van der Waals surface area (Å²) in [4.78, 5) is 15.8. The molecule has 2 aliphatic carbocycles. The molecule has 0 N–H and O–H groups in total. The van der Waals surface area contributed by atoms with Gasteiger partial charge in [-0.05, 0) is 76.4 Å². The largest absolute Gasteiger partial charge is 0.456 e. The Labute approximate surface area is 361 Å². The minimum absolute atomic E-state index is 0.00637. The molecule has 6 aromatic carbocycles. The second-order valence-corrected chi connectivity index (χ2v) is 19.4. The van der Waals surface area contributed by atoms with Crippen LogP contribution in [0.2, 0.25) is 0 Å². The third kappa shape index (κ3) is 5.43. The highest BCUT2D eigenvalue weighted by Crippen LogP contribution is 2.61. The summed E-state index contributed by atoms with van der Waals surface area (Å²) in [6, 6.07) is 47.3. The van der Waals surface area contributed by atoms with Crippen molar-refractivity contribution in [3.63, 3.8) is 0 Å². The van der Waals surface area contributed by atoms with Crippen LogP contribution in [0.3, 0.4) is 0 Å². The number of benzene rings is 6. The van der Waals surface area contributed by atoms with Crippen LogP contribution in [-0.4, -0.2) is 19.5 Å². The zero-order valence-electron chi connectivity index (χ0n) is 35.9. The molecule has 0 radical (unpaired) electrons. The van der Waals surface area contributed by atoms with E-state index in [2.05, 4.69) is 167 Å². The van der Waals surface area contributed by atoms with Gasteiger partial charge in [0.1, 0.15) is 11.2 Å². The Morgan fingerprint density at radius 1 is 0.565 bits per heavy atom. The van der Waals surface area contributed by atoms with Crippen LogP contribution in [0.25, 0.3) is 95.5 Å². The predicted molar refractivity (Wildman–Crippen MR) is 255 cm³/mol. The van der Waals surface area contributed by atoms with Gasteiger partial charge in [-0.2, -0.15) is 0 Å². The van der Waals surface area contributed by atoms with Crippen LogP contribution in [-0.2, 0) is 10.8 Å². The lowest BCUT2D eigenvalue weighted by Gasteiger charge is -2.44. The van der Waals surface area contributed by atoms with Gasteiger partial charge in [-0.15, -0.1) is 0 Å². The first-order valence-electron chi connectivity index (χ1n) is 21.7. The maximum atomic E-state index is 6.36. The SMILES string of the molecule is CC(C)(C)C1=Cc2c3n(c4ccc(C(C)(C)C)cc24)-c2c(cc(-c4nc(-c5ccccc5)nc(-c5ccc6c(c5)oc5ccccc56)n4)cc2-c2ccccc2)C2=CC=CC23C1. The molecule has 0 bridgehead atoms. The molecule has 1 unspecified atom stereocenters. The van der Waals surface area contributed by atoms with Crippen molar-refractivity contribution in [2.75, 3.05) is 0 Å². The van der Waals surface area contributed by atoms with E-state index < -0.39 is 0 Å². The Hall–Kier alpha value is -7.11. The molecule has 0 fully saturated rings. The number of allylic oxidation sites excluding steroid dienone is 5. The third-order valence-electron chi connectivity index (χ3n) is 13.4. The fraction of sp³-hybridized carbons (Fsp3) is 0.175. The lowest BCUT2D eigenvalue weighted by Crippen LogP contribution is -2.36. The number of para-hydroxylation sites is 1. The van der Waals surface area contributed by atoms with Crippen molar-refractivity contribution >= 4 is 44.5 Å². The molecule has 1 atom stereocenters. The van der Waals surface area contributed by atoms with Crippen LogP contribution >= 0.6 is 0 Å². The Kier molecular flexibility index (Phi) is 7.67. The second kappa shape index (κ2) is 13.0. The van der Waals surface area contributed by atoms with Crippen LogP contribution < -0.4 is 0 Å². The maximum absolute atomic E-state index is 6.36. The summed E-state index contributed by atoms with van der Waals surface area (Å²) in [7, 11) is 0. The van der Waals surface area contributed by atoms with Gasteiger partial charge in [0.05, 0.1) is 16.6 Å². The zero-order valence-corrected chi connectivity index (χ0v) is 35.9. The van der Waals surface area contributed by atoms with Crippen LogP contribution in [0.4, 0.5) is 0 Å². The quantitative estimate of drug-likeness (QED) is 0.178. The van der Waals surface area contributed by atoms with E-state index >= 15 is 0 Å². The number of rotatable bonds is 4. The van der Waals surface area contributed by atoms with Crippen molar-refractivity contribution < 1.29 is 4.42 Å². The number of furan rings is 1. The van der Waals surface area contributed by atoms with Crippen molar-refractivity contribution in [1.82, 2.24) is 19.5 Å². The minimum atomic E-state index is -0.339. The van der Waals surface area contributed by atoms with Crippen molar-refractivity contribution in [2.24, 2.45) is 5.41 Å². The van der Waals surface area contributed by atoms with Crippen molar-refractivity contribution in [3.8, 4) is 51.0 Å². The summed E-state index contributed by atoms with van der Waals surface area (Å²) in [5.74, 6) is 1.84. The van der Waals surface area contributed by atoms with Gasteiger partial charge in [-0.25, -0.2) is 15.0 Å². The third-order valence-corrected chi connectivity index (χ3v) is 13.4. The Morgan fingerprint density at radius 2 is 1.23 bits per heavy atom. The monoisotopic (exact) mass is 802 g/mol. The highest BCUT2D eigenvalue weighted by molar-refractivity contribution is 6.06. The van der Waals surface area contributed by atoms with E-state index in [1.807, 2.05) is 36.4 Å². The Morgan fingerprint density at radius 3 is 1.97 bits per heavy atom. The van der Waals surface area contributed by atoms with Gasteiger partial charge in [-0.3, -0.25) is 0 Å². The smallest absolute Gasteiger partial charge is 0.164 e. The fourth-order valence-electron chi connectivity index (χ4n) is 10.2.